The first kappa shape index (κ1) is 12.8. The van der Waals surface area contributed by atoms with Crippen LogP contribution < -0.4 is 5.73 Å². The summed E-state index contributed by atoms with van der Waals surface area (Å²) >= 11 is 0.971. The fourth-order valence-corrected chi connectivity index (χ4v) is 2.77. The smallest absolute Gasteiger partial charge is 0.142 e. The molecule has 0 aliphatic heterocycles. The molecule has 0 aliphatic rings. The number of fused-ring (bicyclic) bond motifs is 1. The lowest BCUT2D eigenvalue weighted by molar-refractivity contribution is 0.542. The Morgan fingerprint density at radius 1 is 1.05 bits per heavy atom. The Hall–Kier alpha value is -2.21. The second kappa shape index (κ2) is 5.05. The van der Waals surface area contributed by atoms with Crippen LogP contribution in [0.25, 0.3) is 10.9 Å². The average molecular weight is 289 g/mol. The van der Waals surface area contributed by atoms with Crippen molar-refractivity contribution in [2.45, 2.75) is 9.79 Å². The highest BCUT2D eigenvalue weighted by molar-refractivity contribution is 7.99. The van der Waals surface area contributed by atoms with Gasteiger partial charge in [0.2, 0.25) is 0 Å². The van der Waals surface area contributed by atoms with E-state index in [0.717, 1.165) is 29.3 Å². The minimum absolute atomic E-state index is 0.0575. The zero-order valence-electron chi connectivity index (χ0n) is 10.2. The van der Waals surface area contributed by atoms with Crippen molar-refractivity contribution in [1.29, 1.82) is 0 Å². The molecule has 0 saturated carbocycles. The van der Waals surface area contributed by atoms with Crippen molar-refractivity contribution in [2.75, 3.05) is 5.73 Å². The zero-order chi connectivity index (χ0) is 14.1. The van der Waals surface area contributed by atoms with E-state index in [1.807, 2.05) is 18.2 Å². The van der Waals surface area contributed by atoms with E-state index >= 15 is 0 Å². The SMILES string of the molecule is Nc1cc(F)c(Sc2cnnc3ccccc23)c(F)c1. The maximum Gasteiger partial charge on any atom is 0.142 e. The van der Waals surface area contributed by atoms with Crippen LogP contribution in [0.5, 0.6) is 0 Å². The molecule has 3 aromatic rings. The van der Waals surface area contributed by atoms with E-state index in [1.165, 1.54) is 6.20 Å². The maximum atomic E-state index is 13.8. The van der Waals surface area contributed by atoms with Gasteiger partial charge in [-0.25, -0.2) is 8.78 Å². The lowest BCUT2D eigenvalue weighted by Gasteiger charge is -2.07. The van der Waals surface area contributed by atoms with Crippen molar-refractivity contribution in [3.05, 3.63) is 54.2 Å². The van der Waals surface area contributed by atoms with Crippen molar-refractivity contribution >= 4 is 28.4 Å². The molecule has 0 saturated heterocycles. The van der Waals surface area contributed by atoms with Crippen LogP contribution in [0, 0.1) is 11.6 Å². The number of anilines is 1. The van der Waals surface area contributed by atoms with Crippen molar-refractivity contribution in [2.24, 2.45) is 0 Å². The maximum absolute atomic E-state index is 13.8. The lowest BCUT2D eigenvalue weighted by atomic mass is 10.2. The van der Waals surface area contributed by atoms with Gasteiger partial charge in [0, 0.05) is 16.0 Å². The molecule has 2 N–H and O–H groups in total. The van der Waals surface area contributed by atoms with E-state index in [2.05, 4.69) is 10.2 Å². The van der Waals surface area contributed by atoms with E-state index in [0.29, 0.717) is 10.4 Å². The second-order valence-electron chi connectivity index (χ2n) is 4.14. The number of rotatable bonds is 2. The minimum Gasteiger partial charge on any atom is -0.399 e. The Morgan fingerprint density at radius 2 is 1.75 bits per heavy atom. The summed E-state index contributed by atoms with van der Waals surface area (Å²) in [4.78, 5) is 0.538. The van der Waals surface area contributed by atoms with E-state index in [4.69, 9.17) is 5.73 Å². The second-order valence-corrected chi connectivity index (χ2v) is 5.19. The van der Waals surface area contributed by atoms with E-state index in [9.17, 15) is 8.78 Å². The normalized spacial score (nSPS) is 10.9. The molecule has 2 aromatic carbocycles. The van der Waals surface area contributed by atoms with Gasteiger partial charge in [0.25, 0.3) is 0 Å². The molecule has 3 nitrogen and oxygen atoms in total. The van der Waals surface area contributed by atoms with Gasteiger partial charge >= 0.3 is 0 Å². The average Bonchev–Trinajstić information content (AvgIpc) is 2.43. The van der Waals surface area contributed by atoms with Crippen LogP contribution >= 0.6 is 11.8 Å². The largest absolute Gasteiger partial charge is 0.399 e. The summed E-state index contributed by atoms with van der Waals surface area (Å²) in [6.07, 6.45) is 1.49. The number of halogens is 2. The molecule has 0 bridgehead atoms. The molecule has 0 atom stereocenters. The summed E-state index contributed by atoms with van der Waals surface area (Å²) in [6, 6.07) is 9.49. The molecule has 100 valence electrons. The van der Waals surface area contributed by atoms with Gasteiger partial charge < -0.3 is 5.73 Å². The van der Waals surface area contributed by atoms with Crippen LogP contribution in [0.2, 0.25) is 0 Å². The first-order valence-corrected chi connectivity index (χ1v) is 6.59. The molecule has 6 heteroatoms. The zero-order valence-corrected chi connectivity index (χ0v) is 11.0. The summed E-state index contributed by atoms with van der Waals surface area (Å²) in [5.74, 6) is -1.37. The molecule has 20 heavy (non-hydrogen) atoms. The van der Waals surface area contributed by atoms with Crippen LogP contribution in [0.1, 0.15) is 0 Å². The predicted molar refractivity (Wildman–Crippen MR) is 74.4 cm³/mol. The van der Waals surface area contributed by atoms with Crippen LogP contribution in [0.4, 0.5) is 14.5 Å². The van der Waals surface area contributed by atoms with Crippen molar-refractivity contribution in [3.63, 3.8) is 0 Å². The Kier molecular flexibility index (Phi) is 3.23. The third-order valence-electron chi connectivity index (χ3n) is 2.74. The predicted octanol–water partition coefficient (Wildman–Crippen LogP) is 3.64. The van der Waals surface area contributed by atoms with Gasteiger partial charge in [0.05, 0.1) is 16.6 Å². The Bertz CT molecular complexity index is 764. The number of nitrogens with zero attached hydrogens (tertiary/aromatic N) is 2. The summed E-state index contributed by atoms with van der Waals surface area (Å²) in [5.41, 5.74) is 6.13. The summed E-state index contributed by atoms with van der Waals surface area (Å²) in [6.45, 7) is 0. The number of nitrogen functional groups attached to an aromatic ring is 1. The van der Waals surface area contributed by atoms with Gasteiger partial charge in [-0.1, -0.05) is 30.0 Å². The molecule has 0 fully saturated rings. The highest BCUT2D eigenvalue weighted by Gasteiger charge is 2.14. The standard InChI is InChI=1S/C14H9F2N3S/c15-10-5-8(17)6-11(16)14(10)20-13-7-18-19-12-4-2-1-3-9(12)13/h1-7H,17H2. The number of hydrogen-bond acceptors (Lipinski definition) is 4. The molecular weight excluding hydrogens is 280 g/mol. The van der Waals surface area contributed by atoms with Crippen molar-refractivity contribution < 1.29 is 8.78 Å². The summed E-state index contributed by atoms with van der Waals surface area (Å²) < 4.78 is 27.6. The Morgan fingerprint density at radius 3 is 2.50 bits per heavy atom. The van der Waals surface area contributed by atoms with E-state index in [1.54, 1.807) is 6.07 Å². The van der Waals surface area contributed by atoms with Gasteiger partial charge in [-0.15, -0.1) is 0 Å². The number of benzene rings is 2. The number of aromatic nitrogens is 2. The lowest BCUT2D eigenvalue weighted by Crippen LogP contribution is -1.94. The molecule has 0 unspecified atom stereocenters. The van der Waals surface area contributed by atoms with Gasteiger partial charge in [-0.2, -0.15) is 10.2 Å². The highest BCUT2D eigenvalue weighted by atomic mass is 32.2. The van der Waals surface area contributed by atoms with Crippen LogP contribution in [0.15, 0.2) is 52.4 Å². The Labute approximate surface area is 117 Å². The quantitative estimate of drug-likeness (QED) is 0.732. The van der Waals surface area contributed by atoms with Crippen LogP contribution in [0.3, 0.4) is 0 Å². The van der Waals surface area contributed by atoms with Gasteiger partial charge in [0.15, 0.2) is 0 Å². The minimum atomic E-state index is -0.687. The monoisotopic (exact) mass is 289 g/mol. The van der Waals surface area contributed by atoms with Crippen molar-refractivity contribution in [3.8, 4) is 0 Å². The summed E-state index contributed by atoms with van der Waals surface area (Å²) in [5, 5.41) is 8.61. The fraction of sp³-hybridized carbons (Fsp3) is 0. The third kappa shape index (κ3) is 2.30. The first-order valence-electron chi connectivity index (χ1n) is 5.78. The fourth-order valence-electron chi connectivity index (χ4n) is 1.85. The van der Waals surface area contributed by atoms with E-state index in [-0.39, 0.29) is 10.6 Å². The number of hydrogen-bond donors (Lipinski definition) is 1. The molecule has 0 spiro atoms. The molecular formula is C14H9F2N3S. The topological polar surface area (TPSA) is 51.8 Å². The first-order chi connectivity index (χ1) is 9.65. The molecule has 0 amide bonds. The number of nitrogens with two attached hydrogens (primary N) is 1. The molecule has 1 aromatic heterocycles. The van der Waals surface area contributed by atoms with Crippen LogP contribution in [-0.2, 0) is 0 Å². The van der Waals surface area contributed by atoms with Gasteiger partial charge in [-0.05, 0) is 18.2 Å². The van der Waals surface area contributed by atoms with Gasteiger partial charge in [-0.3, -0.25) is 0 Å². The van der Waals surface area contributed by atoms with Crippen LogP contribution in [-0.4, -0.2) is 10.2 Å². The molecule has 0 radical (unpaired) electrons. The molecule has 1 heterocycles. The van der Waals surface area contributed by atoms with E-state index < -0.39 is 11.6 Å². The van der Waals surface area contributed by atoms with Gasteiger partial charge in [0.1, 0.15) is 11.6 Å². The third-order valence-corrected chi connectivity index (χ3v) is 3.88. The molecule has 3 rings (SSSR count). The summed E-state index contributed by atoms with van der Waals surface area (Å²) in [7, 11) is 0. The molecule has 0 aliphatic carbocycles. The highest BCUT2D eigenvalue weighted by Crippen LogP contribution is 2.36. The Balaban J connectivity index is 2.10. The van der Waals surface area contributed by atoms with Crippen molar-refractivity contribution in [1.82, 2.24) is 10.2 Å².